The van der Waals surface area contributed by atoms with E-state index < -0.39 is 11.6 Å². The van der Waals surface area contributed by atoms with Gasteiger partial charge in [0, 0.05) is 10.6 Å². The number of halogens is 1. The van der Waals surface area contributed by atoms with Crippen LogP contribution in [0.25, 0.3) is 0 Å². The maximum absolute atomic E-state index is 9.33. The highest BCUT2D eigenvalue weighted by molar-refractivity contribution is 7.99. The second-order valence-electron chi connectivity index (χ2n) is 2.96. The summed E-state index contributed by atoms with van der Waals surface area (Å²) >= 11 is 7.22. The van der Waals surface area contributed by atoms with Crippen molar-refractivity contribution in [2.45, 2.75) is 22.9 Å². The van der Waals surface area contributed by atoms with Gasteiger partial charge in [-0.2, -0.15) is 0 Å². The molecule has 0 fully saturated rings. The highest BCUT2D eigenvalue weighted by Gasteiger charge is 2.10. The molecule has 4 heteroatoms. The zero-order valence-corrected chi connectivity index (χ0v) is 9.34. The van der Waals surface area contributed by atoms with E-state index in [0.717, 1.165) is 5.75 Å². The summed E-state index contributed by atoms with van der Waals surface area (Å²) in [6.45, 7) is 0. The summed E-state index contributed by atoms with van der Waals surface area (Å²) < 4.78 is 0. The number of alkyl halides is 1. The summed E-state index contributed by atoms with van der Waals surface area (Å²) in [5, 5.41) is 9.33. The van der Waals surface area contributed by atoms with Gasteiger partial charge in [0.05, 0.1) is 6.10 Å². The zero-order chi connectivity index (χ0) is 10.4. The van der Waals surface area contributed by atoms with Crippen LogP contribution in [0.1, 0.15) is 6.42 Å². The van der Waals surface area contributed by atoms with Crippen LogP contribution in [0.15, 0.2) is 35.2 Å². The largest absolute Gasteiger partial charge is 0.390 e. The standard InChI is InChI=1S/C10H14ClNOS/c11-10(12)9(13)6-7-14-8-4-2-1-3-5-8/h1-5,9-10,13H,6-7,12H2. The monoisotopic (exact) mass is 231 g/mol. The van der Waals surface area contributed by atoms with Crippen LogP contribution in [0.2, 0.25) is 0 Å². The maximum Gasteiger partial charge on any atom is 0.106 e. The van der Waals surface area contributed by atoms with Crippen molar-refractivity contribution in [1.82, 2.24) is 0 Å². The first-order valence-electron chi connectivity index (χ1n) is 4.45. The third-order valence-electron chi connectivity index (χ3n) is 1.79. The number of hydrogen-bond donors (Lipinski definition) is 2. The van der Waals surface area contributed by atoms with Gasteiger partial charge < -0.3 is 10.8 Å². The van der Waals surface area contributed by atoms with Crippen molar-refractivity contribution in [2.24, 2.45) is 5.73 Å². The van der Waals surface area contributed by atoms with Crippen LogP contribution in [0.3, 0.4) is 0 Å². The van der Waals surface area contributed by atoms with E-state index in [9.17, 15) is 5.11 Å². The number of aliphatic hydroxyl groups is 1. The van der Waals surface area contributed by atoms with Gasteiger partial charge in [-0.05, 0) is 18.6 Å². The van der Waals surface area contributed by atoms with Crippen LogP contribution in [0.4, 0.5) is 0 Å². The molecule has 3 N–H and O–H groups in total. The first kappa shape index (κ1) is 11.9. The number of aliphatic hydroxyl groups excluding tert-OH is 1. The first-order chi connectivity index (χ1) is 6.70. The van der Waals surface area contributed by atoms with Crippen molar-refractivity contribution in [3.8, 4) is 0 Å². The summed E-state index contributed by atoms with van der Waals surface area (Å²) in [6, 6.07) is 10.0. The lowest BCUT2D eigenvalue weighted by Gasteiger charge is -2.11. The topological polar surface area (TPSA) is 46.2 Å². The van der Waals surface area contributed by atoms with Gasteiger partial charge in [-0.1, -0.05) is 18.2 Å². The Morgan fingerprint density at radius 3 is 2.57 bits per heavy atom. The van der Waals surface area contributed by atoms with Crippen LogP contribution in [-0.2, 0) is 0 Å². The molecule has 0 amide bonds. The maximum atomic E-state index is 9.33. The van der Waals surface area contributed by atoms with E-state index >= 15 is 0 Å². The van der Waals surface area contributed by atoms with Gasteiger partial charge >= 0.3 is 0 Å². The molecule has 0 aliphatic rings. The molecule has 0 spiro atoms. The minimum atomic E-state index is -0.661. The summed E-state index contributed by atoms with van der Waals surface area (Å²) in [5.74, 6) is 0.825. The fourth-order valence-electron chi connectivity index (χ4n) is 0.973. The average molecular weight is 232 g/mol. The minimum Gasteiger partial charge on any atom is -0.390 e. The van der Waals surface area contributed by atoms with Crippen LogP contribution in [0, 0.1) is 0 Å². The van der Waals surface area contributed by atoms with E-state index in [4.69, 9.17) is 17.3 Å². The second kappa shape index (κ2) is 6.30. The Hall–Kier alpha value is -0.220. The average Bonchev–Trinajstić information content (AvgIpc) is 2.19. The van der Waals surface area contributed by atoms with Crippen molar-refractivity contribution in [1.29, 1.82) is 0 Å². The normalized spacial score (nSPS) is 15.1. The zero-order valence-electron chi connectivity index (χ0n) is 7.77. The predicted molar refractivity (Wildman–Crippen MR) is 61.6 cm³/mol. The number of hydrogen-bond acceptors (Lipinski definition) is 3. The quantitative estimate of drug-likeness (QED) is 0.463. The van der Waals surface area contributed by atoms with Gasteiger partial charge in [-0.15, -0.1) is 23.4 Å². The molecule has 1 aromatic rings. The molecule has 0 saturated carbocycles. The third-order valence-corrected chi connectivity index (χ3v) is 3.13. The van der Waals surface area contributed by atoms with E-state index in [1.54, 1.807) is 11.8 Å². The lowest BCUT2D eigenvalue weighted by atomic mass is 10.3. The van der Waals surface area contributed by atoms with Crippen LogP contribution < -0.4 is 5.73 Å². The fourth-order valence-corrected chi connectivity index (χ4v) is 2.04. The Morgan fingerprint density at radius 2 is 2.00 bits per heavy atom. The molecular weight excluding hydrogens is 218 g/mol. The second-order valence-corrected chi connectivity index (χ2v) is 4.63. The highest BCUT2D eigenvalue weighted by atomic mass is 35.5. The van der Waals surface area contributed by atoms with E-state index in [2.05, 4.69) is 0 Å². The third kappa shape index (κ3) is 4.33. The molecule has 2 nitrogen and oxygen atoms in total. The number of rotatable bonds is 5. The van der Waals surface area contributed by atoms with E-state index in [0.29, 0.717) is 6.42 Å². The molecule has 2 unspecified atom stereocenters. The molecule has 0 aromatic heterocycles. The Morgan fingerprint density at radius 1 is 1.36 bits per heavy atom. The Kier molecular flexibility index (Phi) is 5.33. The van der Waals surface area contributed by atoms with Crippen LogP contribution in [0.5, 0.6) is 0 Å². The molecule has 1 aromatic carbocycles. The Bertz CT molecular complexity index is 256. The molecule has 0 radical (unpaired) electrons. The van der Waals surface area contributed by atoms with Gasteiger partial charge in [0.1, 0.15) is 5.50 Å². The van der Waals surface area contributed by atoms with Gasteiger partial charge in [-0.25, -0.2) is 0 Å². The molecule has 0 aliphatic heterocycles. The van der Waals surface area contributed by atoms with Gasteiger partial charge in [0.2, 0.25) is 0 Å². The fraction of sp³-hybridized carbons (Fsp3) is 0.400. The van der Waals surface area contributed by atoms with Crippen molar-refractivity contribution < 1.29 is 5.11 Å². The SMILES string of the molecule is NC(Cl)C(O)CCSc1ccccc1. The summed E-state index contributed by atoms with van der Waals surface area (Å²) in [7, 11) is 0. The van der Waals surface area contributed by atoms with Crippen LogP contribution >= 0.6 is 23.4 Å². The summed E-state index contributed by atoms with van der Waals surface area (Å²) in [4.78, 5) is 1.20. The number of nitrogens with two attached hydrogens (primary N) is 1. The molecule has 0 aliphatic carbocycles. The van der Waals surface area contributed by atoms with Crippen molar-refractivity contribution >= 4 is 23.4 Å². The molecule has 0 bridgehead atoms. The van der Waals surface area contributed by atoms with Gasteiger partial charge in [-0.3, -0.25) is 0 Å². The van der Waals surface area contributed by atoms with E-state index in [1.165, 1.54) is 4.90 Å². The Labute approximate surface area is 93.5 Å². The summed E-state index contributed by atoms with van der Waals surface area (Å²) in [6.07, 6.45) is -0.00240. The predicted octanol–water partition coefficient (Wildman–Crippen LogP) is 2.05. The molecule has 78 valence electrons. The lowest BCUT2D eigenvalue weighted by molar-refractivity contribution is 0.167. The van der Waals surface area contributed by atoms with E-state index in [1.807, 2.05) is 30.3 Å². The minimum absolute atomic E-state index is 0.615. The van der Waals surface area contributed by atoms with Gasteiger partial charge in [0.25, 0.3) is 0 Å². The lowest BCUT2D eigenvalue weighted by Crippen LogP contribution is -2.29. The molecule has 14 heavy (non-hydrogen) atoms. The molecule has 2 atom stereocenters. The Balaban J connectivity index is 2.22. The molecule has 1 rings (SSSR count). The smallest absolute Gasteiger partial charge is 0.106 e. The van der Waals surface area contributed by atoms with Crippen LogP contribution in [-0.4, -0.2) is 22.5 Å². The van der Waals surface area contributed by atoms with E-state index in [-0.39, 0.29) is 0 Å². The van der Waals surface area contributed by atoms with Crippen molar-refractivity contribution in [3.63, 3.8) is 0 Å². The number of thioether (sulfide) groups is 1. The molecular formula is C10H14ClNOS. The summed E-state index contributed by atoms with van der Waals surface area (Å²) in [5.41, 5.74) is 4.66. The number of benzene rings is 1. The van der Waals surface area contributed by atoms with Crippen molar-refractivity contribution in [3.05, 3.63) is 30.3 Å². The first-order valence-corrected chi connectivity index (χ1v) is 5.88. The molecule has 0 saturated heterocycles. The van der Waals surface area contributed by atoms with Crippen molar-refractivity contribution in [2.75, 3.05) is 5.75 Å². The highest BCUT2D eigenvalue weighted by Crippen LogP contribution is 2.19. The van der Waals surface area contributed by atoms with Gasteiger partial charge in [0.15, 0.2) is 0 Å². The molecule has 0 heterocycles.